The van der Waals surface area contributed by atoms with Crippen LogP contribution in [-0.2, 0) is 20.6 Å². The SMILES string of the molecule is CCCN1C(=O)C(C)(C)COc2ccc(NS(=O)(=O)Cc3cc(C)ccc3C)cc21. The van der Waals surface area contributed by atoms with Gasteiger partial charge in [-0.2, -0.15) is 0 Å². The molecule has 30 heavy (non-hydrogen) atoms. The summed E-state index contributed by atoms with van der Waals surface area (Å²) in [6.45, 7) is 10.4. The molecule has 0 aromatic heterocycles. The van der Waals surface area contributed by atoms with Gasteiger partial charge in [-0.05, 0) is 63.4 Å². The number of sulfonamides is 1. The number of carbonyl (C=O) groups is 1. The number of nitrogens with one attached hydrogen (secondary N) is 1. The smallest absolute Gasteiger partial charge is 0.236 e. The second-order valence-corrected chi connectivity index (χ2v) is 10.3. The number of ether oxygens (including phenoxy) is 1. The molecule has 0 aliphatic carbocycles. The van der Waals surface area contributed by atoms with Crippen molar-refractivity contribution >= 4 is 27.3 Å². The lowest BCUT2D eigenvalue weighted by atomic mass is 9.93. The molecule has 2 aromatic rings. The second kappa shape index (κ2) is 8.30. The van der Waals surface area contributed by atoms with Gasteiger partial charge in [-0.25, -0.2) is 8.42 Å². The quantitative estimate of drug-likeness (QED) is 0.737. The van der Waals surface area contributed by atoms with Gasteiger partial charge in [0.05, 0.1) is 22.5 Å². The summed E-state index contributed by atoms with van der Waals surface area (Å²) in [4.78, 5) is 14.7. The molecule has 1 aliphatic heterocycles. The number of carbonyl (C=O) groups excluding carboxylic acids is 1. The highest BCUT2D eigenvalue weighted by Crippen LogP contribution is 2.38. The van der Waals surface area contributed by atoms with Gasteiger partial charge in [0, 0.05) is 6.54 Å². The summed E-state index contributed by atoms with van der Waals surface area (Å²) < 4.78 is 34.2. The monoisotopic (exact) mass is 430 g/mol. The molecule has 0 spiro atoms. The number of amides is 1. The van der Waals surface area contributed by atoms with Crippen molar-refractivity contribution in [3.05, 3.63) is 53.1 Å². The van der Waals surface area contributed by atoms with Gasteiger partial charge in [-0.1, -0.05) is 30.7 Å². The summed E-state index contributed by atoms with van der Waals surface area (Å²) in [6.07, 6.45) is 0.782. The Labute approximate surface area is 179 Å². The first-order valence-electron chi connectivity index (χ1n) is 10.2. The van der Waals surface area contributed by atoms with E-state index in [2.05, 4.69) is 4.72 Å². The number of aryl methyl sites for hydroxylation is 2. The third-order valence-corrected chi connectivity index (χ3v) is 6.47. The maximum Gasteiger partial charge on any atom is 0.236 e. The van der Waals surface area contributed by atoms with E-state index in [1.54, 1.807) is 23.1 Å². The lowest BCUT2D eigenvalue weighted by Crippen LogP contribution is -2.42. The van der Waals surface area contributed by atoms with Gasteiger partial charge in [-0.15, -0.1) is 0 Å². The van der Waals surface area contributed by atoms with Gasteiger partial charge < -0.3 is 9.64 Å². The standard InChI is InChI=1S/C23H30N2O4S/c1-6-11-25-20-13-19(9-10-21(20)29-15-23(4,5)22(25)26)24-30(27,28)14-18-12-16(2)7-8-17(18)3/h7-10,12-13,24H,6,11,14-15H2,1-5H3. The van der Waals surface area contributed by atoms with Crippen molar-refractivity contribution in [2.24, 2.45) is 5.41 Å². The van der Waals surface area contributed by atoms with Crippen molar-refractivity contribution < 1.29 is 17.9 Å². The fourth-order valence-corrected chi connectivity index (χ4v) is 4.81. The van der Waals surface area contributed by atoms with Crippen LogP contribution in [0.25, 0.3) is 0 Å². The topological polar surface area (TPSA) is 75.7 Å². The molecule has 0 fully saturated rings. The molecular formula is C23H30N2O4S. The Morgan fingerprint density at radius 2 is 1.87 bits per heavy atom. The van der Waals surface area contributed by atoms with E-state index in [9.17, 15) is 13.2 Å². The third-order valence-electron chi connectivity index (χ3n) is 5.23. The number of anilines is 2. The Morgan fingerprint density at radius 3 is 2.57 bits per heavy atom. The zero-order valence-corrected chi connectivity index (χ0v) is 19.1. The summed E-state index contributed by atoms with van der Waals surface area (Å²) >= 11 is 0. The molecule has 7 heteroatoms. The predicted octanol–water partition coefficient (Wildman–Crippen LogP) is 4.41. The molecule has 1 aliphatic rings. The molecule has 1 heterocycles. The molecule has 0 saturated carbocycles. The number of nitrogens with zero attached hydrogens (tertiary/aromatic N) is 1. The van der Waals surface area contributed by atoms with Crippen molar-refractivity contribution in [2.75, 3.05) is 22.8 Å². The predicted molar refractivity (Wildman–Crippen MR) is 121 cm³/mol. The average Bonchev–Trinajstić information content (AvgIpc) is 2.75. The fourth-order valence-electron chi connectivity index (χ4n) is 3.53. The van der Waals surface area contributed by atoms with Gasteiger partial charge in [0.1, 0.15) is 12.4 Å². The van der Waals surface area contributed by atoms with Gasteiger partial charge >= 0.3 is 0 Å². The molecule has 3 rings (SSSR count). The van der Waals surface area contributed by atoms with Gasteiger partial charge in [0.15, 0.2) is 0 Å². The van der Waals surface area contributed by atoms with Crippen molar-refractivity contribution in [3.63, 3.8) is 0 Å². The van der Waals surface area contributed by atoms with Crippen LogP contribution in [-0.4, -0.2) is 27.5 Å². The lowest BCUT2D eigenvalue weighted by Gasteiger charge is -2.28. The summed E-state index contributed by atoms with van der Waals surface area (Å²) in [5.41, 5.74) is 3.07. The van der Waals surface area contributed by atoms with E-state index in [0.717, 1.165) is 23.1 Å². The first-order valence-corrected chi connectivity index (χ1v) is 11.8. The summed E-state index contributed by atoms with van der Waals surface area (Å²) in [5, 5.41) is 0. The van der Waals surface area contributed by atoms with Crippen LogP contribution < -0.4 is 14.4 Å². The molecule has 6 nitrogen and oxygen atoms in total. The van der Waals surface area contributed by atoms with Crippen molar-refractivity contribution in [3.8, 4) is 5.75 Å². The highest BCUT2D eigenvalue weighted by molar-refractivity contribution is 7.91. The second-order valence-electron chi connectivity index (χ2n) is 8.60. The molecule has 0 unspecified atom stereocenters. The summed E-state index contributed by atoms with van der Waals surface area (Å²) in [6, 6.07) is 10.9. The van der Waals surface area contributed by atoms with Crippen LogP contribution in [0.3, 0.4) is 0 Å². The van der Waals surface area contributed by atoms with Crippen LogP contribution in [0.2, 0.25) is 0 Å². The van der Waals surface area contributed by atoms with Crippen molar-refractivity contribution in [1.29, 1.82) is 0 Å². The molecule has 0 radical (unpaired) electrons. The first kappa shape index (κ1) is 22.2. The van der Waals surface area contributed by atoms with E-state index in [-0.39, 0.29) is 18.3 Å². The van der Waals surface area contributed by atoms with Crippen molar-refractivity contribution in [2.45, 2.75) is 46.8 Å². The van der Waals surface area contributed by atoms with E-state index >= 15 is 0 Å². The average molecular weight is 431 g/mol. The zero-order chi connectivity index (χ0) is 22.1. The zero-order valence-electron chi connectivity index (χ0n) is 18.3. The highest BCUT2D eigenvalue weighted by atomic mass is 32.2. The number of benzene rings is 2. The van der Waals surface area contributed by atoms with Crippen LogP contribution in [0.1, 0.15) is 43.9 Å². The Bertz CT molecular complexity index is 1060. The molecule has 0 atom stereocenters. The largest absolute Gasteiger partial charge is 0.490 e. The van der Waals surface area contributed by atoms with Gasteiger partial charge in [0.2, 0.25) is 15.9 Å². The Balaban J connectivity index is 1.91. The fraction of sp³-hybridized carbons (Fsp3) is 0.435. The van der Waals surface area contributed by atoms with E-state index in [4.69, 9.17) is 4.74 Å². The van der Waals surface area contributed by atoms with Crippen LogP contribution in [0, 0.1) is 19.3 Å². The Morgan fingerprint density at radius 1 is 1.13 bits per heavy atom. The number of rotatable bonds is 6. The number of hydrogen-bond donors (Lipinski definition) is 1. The maximum atomic E-state index is 13.0. The molecule has 0 bridgehead atoms. The maximum absolute atomic E-state index is 13.0. The molecule has 0 saturated heterocycles. The molecule has 162 valence electrons. The Kier molecular flexibility index (Phi) is 6.13. The molecule has 1 amide bonds. The van der Waals surface area contributed by atoms with Crippen LogP contribution in [0.4, 0.5) is 11.4 Å². The van der Waals surface area contributed by atoms with Crippen LogP contribution in [0.5, 0.6) is 5.75 Å². The van der Waals surface area contributed by atoms with Crippen molar-refractivity contribution in [1.82, 2.24) is 0 Å². The minimum absolute atomic E-state index is 0.0292. The van der Waals surface area contributed by atoms with E-state index < -0.39 is 15.4 Å². The van der Waals surface area contributed by atoms with Gasteiger partial charge in [-0.3, -0.25) is 9.52 Å². The Hall–Kier alpha value is -2.54. The molecular weight excluding hydrogens is 400 g/mol. The third kappa shape index (κ3) is 4.78. The van der Waals surface area contributed by atoms with Gasteiger partial charge in [0.25, 0.3) is 0 Å². The summed E-state index contributed by atoms with van der Waals surface area (Å²) in [5.74, 6) is 0.442. The molecule has 1 N–H and O–H groups in total. The minimum atomic E-state index is -3.62. The summed E-state index contributed by atoms with van der Waals surface area (Å²) in [7, 11) is -3.62. The number of hydrogen-bond acceptors (Lipinski definition) is 4. The normalized spacial score (nSPS) is 15.9. The number of fused-ring (bicyclic) bond motifs is 1. The van der Waals surface area contributed by atoms with E-state index in [1.807, 2.05) is 52.8 Å². The van der Waals surface area contributed by atoms with E-state index in [0.29, 0.717) is 23.7 Å². The first-order chi connectivity index (χ1) is 14.0. The van der Waals surface area contributed by atoms with Crippen LogP contribution >= 0.6 is 0 Å². The van der Waals surface area contributed by atoms with Crippen LogP contribution in [0.15, 0.2) is 36.4 Å². The molecule has 2 aromatic carbocycles. The van der Waals surface area contributed by atoms with E-state index in [1.165, 1.54) is 0 Å². The highest BCUT2D eigenvalue weighted by Gasteiger charge is 2.37. The minimum Gasteiger partial charge on any atom is -0.490 e. The lowest BCUT2D eigenvalue weighted by molar-refractivity contribution is -0.127.